The van der Waals surface area contributed by atoms with Crippen LogP contribution < -0.4 is 0 Å². The number of aromatic hydroxyl groups is 4. The minimum Gasteiger partial charge on any atom is -0.504 e. The quantitative estimate of drug-likeness (QED) is 0.204. The molecule has 2 aromatic carbocycles. The van der Waals surface area contributed by atoms with Gasteiger partial charge in [-0.25, -0.2) is 0 Å². The Morgan fingerprint density at radius 3 is 2.21 bits per heavy atom. The first-order valence-corrected chi connectivity index (χ1v) is 10.2. The molecule has 2 aromatic rings. The van der Waals surface area contributed by atoms with E-state index in [4.69, 9.17) is 4.74 Å². The summed E-state index contributed by atoms with van der Waals surface area (Å²) >= 11 is 0. The van der Waals surface area contributed by atoms with Crippen LogP contribution >= 0.6 is 0 Å². The van der Waals surface area contributed by atoms with Crippen molar-refractivity contribution >= 4 is 11.9 Å². The van der Waals surface area contributed by atoms with Gasteiger partial charge in [-0.1, -0.05) is 18.2 Å². The maximum Gasteiger partial charge on any atom is 0.192 e. The van der Waals surface area contributed by atoms with Gasteiger partial charge < -0.3 is 45.6 Å². The molecule has 10 heteroatoms. The molecule has 10 nitrogen and oxygen atoms in total. The molecule has 178 valence electrons. The molecule has 1 heterocycles. The van der Waals surface area contributed by atoms with Gasteiger partial charge in [-0.05, 0) is 54.3 Å². The standard InChI is InChI=1S/C23H26O10/c24-11-18-21(30)22(31)23(32,19(29)7-3-12-1-5-14(25)16(27)9-12)20(33-18)8-4-13-2-6-15(26)17(28)10-13/h1-3,5-7,9-10,18,20-22,24-28,30-32H,4,8,11H2/t18-,20?,21-,22+,23+/m1/s1. The highest BCUT2D eigenvalue weighted by atomic mass is 16.5. The fourth-order valence-electron chi connectivity index (χ4n) is 3.76. The van der Waals surface area contributed by atoms with E-state index in [1.165, 1.54) is 42.5 Å². The average molecular weight is 462 g/mol. The van der Waals surface area contributed by atoms with E-state index in [0.717, 1.165) is 6.08 Å². The van der Waals surface area contributed by atoms with E-state index in [1.54, 1.807) is 0 Å². The summed E-state index contributed by atoms with van der Waals surface area (Å²) in [5.41, 5.74) is -1.71. The highest BCUT2D eigenvalue weighted by Crippen LogP contribution is 2.35. The number of ketones is 1. The van der Waals surface area contributed by atoms with Gasteiger partial charge in [0.25, 0.3) is 0 Å². The zero-order valence-corrected chi connectivity index (χ0v) is 17.4. The van der Waals surface area contributed by atoms with Crippen molar-refractivity contribution < 1.29 is 50.4 Å². The minimum atomic E-state index is -2.57. The van der Waals surface area contributed by atoms with Crippen LogP contribution in [-0.2, 0) is 16.0 Å². The van der Waals surface area contributed by atoms with E-state index in [2.05, 4.69) is 0 Å². The normalized spacial score (nSPS) is 27.6. The zero-order chi connectivity index (χ0) is 24.3. The maximum absolute atomic E-state index is 13.0. The highest BCUT2D eigenvalue weighted by Gasteiger charge is 2.57. The fraction of sp³-hybridized carbons (Fsp3) is 0.348. The summed E-state index contributed by atoms with van der Waals surface area (Å²) in [5, 5.41) is 79.6. The molecule has 1 aliphatic heterocycles. The van der Waals surface area contributed by atoms with Crippen molar-refractivity contribution in [3.05, 3.63) is 53.6 Å². The number of aliphatic hydroxyl groups is 4. The highest BCUT2D eigenvalue weighted by molar-refractivity contribution is 6.01. The molecule has 0 radical (unpaired) electrons. The summed E-state index contributed by atoms with van der Waals surface area (Å²) in [6.07, 6.45) is -4.00. The van der Waals surface area contributed by atoms with Gasteiger partial charge in [0.05, 0.1) is 12.7 Å². The molecule has 8 N–H and O–H groups in total. The molecule has 1 saturated heterocycles. The first-order chi connectivity index (χ1) is 15.6. The molecule has 0 bridgehead atoms. The minimum absolute atomic E-state index is 0.0411. The average Bonchev–Trinajstić information content (AvgIpc) is 2.79. The first kappa shape index (κ1) is 24.5. The fourth-order valence-corrected chi connectivity index (χ4v) is 3.76. The Labute approximate surface area is 188 Å². The van der Waals surface area contributed by atoms with Crippen molar-refractivity contribution in [3.8, 4) is 23.0 Å². The number of phenols is 4. The van der Waals surface area contributed by atoms with Crippen molar-refractivity contribution in [3.63, 3.8) is 0 Å². The Morgan fingerprint density at radius 2 is 1.61 bits per heavy atom. The summed E-state index contributed by atoms with van der Waals surface area (Å²) in [6.45, 7) is -0.665. The van der Waals surface area contributed by atoms with Gasteiger partial charge in [-0.15, -0.1) is 0 Å². The summed E-state index contributed by atoms with van der Waals surface area (Å²) in [5.74, 6) is -2.43. The molecule has 0 aromatic heterocycles. The van der Waals surface area contributed by atoms with Crippen LogP contribution in [0.25, 0.3) is 6.08 Å². The van der Waals surface area contributed by atoms with Gasteiger partial charge in [0.15, 0.2) is 34.4 Å². The second-order valence-corrected chi connectivity index (χ2v) is 7.91. The van der Waals surface area contributed by atoms with Crippen LogP contribution in [-0.4, -0.2) is 83.3 Å². The van der Waals surface area contributed by atoms with E-state index in [-0.39, 0.29) is 30.1 Å². The van der Waals surface area contributed by atoms with Crippen molar-refractivity contribution in [1.82, 2.24) is 0 Å². The number of hydrogen-bond donors (Lipinski definition) is 8. The van der Waals surface area contributed by atoms with Gasteiger partial charge in [-0.2, -0.15) is 0 Å². The van der Waals surface area contributed by atoms with Crippen molar-refractivity contribution in [1.29, 1.82) is 0 Å². The molecular weight excluding hydrogens is 436 g/mol. The van der Waals surface area contributed by atoms with Crippen LogP contribution in [0.2, 0.25) is 0 Å². The molecule has 0 spiro atoms. The van der Waals surface area contributed by atoms with Gasteiger partial charge in [0.2, 0.25) is 0 Å². The van der Waals surface area contributed by atoms with Crippen molar-refractivity contribution in [2.24, 2.45) is 0 Å². The summed E-state index contributed by atoms with van der Waals surface area (Å²) < 4.78 is 5.57. The Balaban J connectivity index is 1.86. The third kappa shape index (κ3) is 4.95. The Kier molecular flexibility index (Phi) is 7.25. The molecular formula is C23H26O10. The largest absolute Gasteiger partial charge is 0.504 e. The number of carbonyl (C=O) groups is 1. The van der Waals surface area contributed by atoms with Gasteiger partial charge >= 0.3 is 0 Å². The number of carbonyl (C=O) groups excluding carboxylic acids is 1. The second-order valence-electron chi connectivity index (χ2n) is 7.91. The lowest BCUT2D eigenvalue weighted by molar-refractivity contribution is -0.264. The number of aliphatic hydroxyl groups excluding tert-OH is 3. The molecule has 0 saturated carbocycles. The zero-order valence-electron chi connectivity index (χ0n) is 17.4. The molecule has 3 rings (SSSR count). The summed E-state index contributed by atoms with van der Waals surface area (Å²) in [7, 11) is 0. The molecule has 1 aliphatic rings. The lowest BCUT2D eigenvalue weighted by Gasteiger charge is -2.47. The Hall–Kier alpha value is -3.15. The molecule has 1 fully saturated rings. The lowest BCUT2D eigenvalue weighted by atomic mass is 9.77. The van der Waals surface area contributed by atoms with E-state index < -0.39 is 48.2 Å². The maximum atomic E-state index is 13.0. The number of rotatable bonds is 7. The third-order valence-electron chi connectivity index (χ3n) is 5.72. The van der Waals surface area contributed by atoms with Gasteiger partial charge in [0, 0.05) is 0 Å². The van der Waals surface area contributed by atoms with E-state index >= 15 is 0 Å². The number of phenolic OH excluding ortho intramolecular Hbond substituents is 4. The lowest BCUT2D eigenvalue weighted by Crippen LogP contribution is -2.69. The summed E-state index contributed by atoms with van der Waals surface area (Å²) in [4.78, 5) is 13.0. The van der Waals surface area contributed by atoms with Crippen LogP contribution in [0.15, 0.2) is 42.5 Å². The Bertz CT molecular complexity index is 1040. The number of aryl methyl sites for hydroxylation is 1. The number of ether oxygens (including phenoxy) is 1. The molecule has 0 aliphatic carbocycles. The van der Waals surface area contributed by atoms with Crippen LogP contribution in [0.4, 0.5) is 0 Å². The monoisotopic (exact) mass is 462 g/mol. The van der Waals surface area contributed by atoms with Gasteiger partial charge in [-0.3, -0.25) is 4.79 Å². The van der Waals surface area contributed by atoms with Crippen LogP contribution in [0.1, 0.15) is 17.5 Å². The number of hydrogen-bond acceptors (Lipinski definition) is 10. The number of benzene rings is 2. The third-order valence-corrected chi connectivity index (χ3v) is 5.72. The predicted molar refractivity (Wildman–Crippen MR) is 115 cm³/mol. The first-order valence-electron chi connectivity index (χ1n) is 10.2. The molecule has 5 atom stereocenters. The molecule has 0 amide bonds. The summed E-state index contributed by atoms with van der Waals surface area (Å²) in [6, 6.07) is 7.88. The molecule has 33 heavy (non-hydrogen) atoms. The van der Waals surface area contributed by atoms with Gasteiger partial charge in [0.1, 0.15) is 18.3 Å². The van der Waals surface area contributed by atoms with Crippen LogP contribution in [0.3, 0.4) is 0 Å². The van der Waals surface area contributed by atoms with E-state index in [9.17, 15) is 45.6 Å². The second kappa shape index (κ2) is 9.77. The Morgan fingerprint density at radius 1 is 0.970 bits per heavy atom. The van der Waals surface area contributed by atoms with Crippen molar-refractivity contribution in [2.45, 2.75) is 42.9 Å². The topological polar surface area (TPSA) is 188 Å². The smallest absolute Gasteiger partial charge is 0.192 e. The van der Waals surface area contributed by atoms with E-state index in [0.29, 0.717) is 11.1 Å². The molecule has 1 unspecified atom stereocenters. The predicted octanol–water partition coefficient (Wildman–Crippen LogP) is -0.0633. The SMILES string of the molecule is O=C(C=Cc1ccc(O)c(O)c1)[C@]1(O)C(CCc2ccc(O)c(O)c2)O[C@H](CO)[C@@H](O)[C@@H]1O. The van der Waals surface area contributed by atoms with Crippen LogP contribution in [0, 0.1) is 0 Å². The van der Waals surface area contributed by atoms with Crippen molar-refractivity contribution in [2.75, 3.05) is 6.61 Å². The van der Waals surface area contributed by atoms with E-state index in [1.807, 2.05) is 0 Å². The van der Waals surface area contributed by atoms with Crippen LogP contribution in [0.5, 0.6) is 23.0 Å².